The molecule has 0 spiro atoms. The lowest BCUT2D eigenvalue weighted by molar-refractivity contribution is 0.107. The van der Waals surface area contributed by atoms with Crippen LogP contribution in [0, 0.1) is 0 Å². The number of ether oxygens (including phenoxy) is 3. The van der Waals surface area contributed by atoms with E-state index in [1.807, 2.05) is 6.07 Å². The Balaban J connectivity index is 1.84. The van der Waals surface area contributed by atoms with Crippen LogP contribution in [0.25, 0.3) is 0 Å². The highest BCUT2D eigenvalue weighted by Gasteiger charge is 2.20. The van der Waals surface area contributed by atoms with Gasteiger partial charge in [-0.05, 0) is 31.3 Å². The number of thiocarbonyl (C=S) groups is 1. The average Bonchev–Trinajstić information content (AvgIpc) is 2.66. The molecular weight excluding hydrogens is 356 g/mol. The molecule has 0 aliphatic carbocycles. The molecule has 0 radical (unpaired) electrons. The van der Waals surface area contributed by atoms with E-state index in [4.69, 9.17) is 26.4 Å². The molecule has 142 valence electrons. The van der Waals surface area contributed by atoms with Crippen molar-refractivity contribution < 1.29 is 19.0 Å². The standard InChI is InChI=1S/C17H24N4O4S/c1-4-25-17(22)21-9-7-12(8-10-21)19-20-16(26)18-13-5-6-14(23-2)15(11-13)24-3/h5-6,11H,4,7-10H2,1-3H3,(H2,18,20,26). The molecule has 0 aromatic heterocycles. The summed E-state index contributed by atoms with van der Waals surface area (Å²) in [7, 11) is 3.16. The first-order chi connectivity index (χ1) is 12.6. The molecule has 26 heavy (non-hydrogen) atoms. The quantitative estimate of drug-likeness (QED) is 0.600. The monoisotopic (exact) mass is 380 g/mol. The van der Waals surface area contributed by atoms with Gasteiger partial charge in [0.25, 0.3) is 0 Å². The van der Waals surface area contributed by atoms with E-state index in [0.717, 1.165) is 11.4 Å². The van der Waals surface area contributed by atoms with E-state index in [9.17, 15) is 4.79 Å². The molecule has 1 saturated heterocycles. The predicted molar refractivity (Wildman–Crippen MR) is 104 cm³/mol. The Kier molecular flexibility index (Phi) is 7.46. The number of carbonyl (C=O) groups excluding carboxylic acids is 1. The fourth-order valence-corrected chi connectivity index (χ4v) is 2.64. The van der Waals surface area contributed by atoms with Crippen LogP contribution in [-0.4, -0.2) is 55.7 Å². The molecule has 0 unspecified atom stereocenters. The van der Waals surface area contributed by atoms with Crippen molar-refractivity contribution in [1.29, 1.82) is 0 Å². The van der Waals surface area contributed by atoms with E-state index in [0.29, 0.717) is 49.1 Å². The van der Waals surface area contributed by atoms with Gasteiger partial charge in [-0.15, -0.1) is 0 Å². The number of hydrazone groups is 1. The molecule has 1 aromatic carbocycles. The summed E-state index contributed by atoms with van der Waals surface area (Å²) in [6.07, 6.45) is 1.10. The summed E-state index contributed by atoms with van der Waals surface area (Å²) in [4.78, 5) is 13.4. The van der Waals surface area contributed by atoms with E-state index >= 15 is 0 Å². The SMILES string of the molecule is CCOC(=O)N1CCC(=NNC(=S)Nc2ccc(OC)c(OC)c2)CC1. The lowest BCUT2D eigenvalue weighted by Gasteiger charge is -2.26. The first kappa shape index (κ1) is 19.8. The average molecular weight is 380 g/mol. The minimum Gasteiger partial charge on any atom is -0.493 e. The number of hydrogen-bond acceptors (Lipinski definition) is 6. The molecule has 9 heteroatoms. The van der Waals surface area contributed by atoms with Crippen LogP contribution in [-0.2, 0) is 4.74 Å². The molecule has 1 aliphatic heterocycles. The Labute approximate surface area is 158 Å². The van der Waals surface area contributed by atoms with E-state index in [1.54, 1.807) is 38.2 Å². The van der Waals surface area contributed by atoms with Crippen LogP contribution in [0.3, 0.4) is 0 Å². The van der Waals surface area contributed by atoms with Gasteiger partial charge in [0.05, 0.1) is 20.8 Å². The summed E-state index contributed by atoms with van der Waals surface area (Å²) in [5, 5.41) is 7.74. The van der Waals surface area contributed by atoms with Crippen molar-refractivity contribution in [3.05, 3.63) is 18.2 Å². The van der Waals surface area contributed by atoms with Gasteiger partial charge in [0.15, 0.2) is 16.6 Å². The third-order valence-electron chi connectivity index (χ3n) is 3.82. The third-order valence-corrected chi connectivity index (χ3v) is 4.02. The maximum Gasteiger partial charge on any atom is 0.409 e. The number of benzene rings is 1. The van der Waals surface area contributed by atoms with Gasteiger partial charge in [0.1, 0.15) is 0 Å². The van der Waals surface area contributed by atoms with E-state index in [1.165, 1.54) is 0 Å². The summed E-state index contributed by atoms with van der Waals surface area (Å²) >= 11 is 5.26. The molecule has 0 atom stereocenters. The van der Waals surface area contributed by atoms with Crippen molar-refractivity contribution in [3.8, 4) is 11.5 Å². The Morgan fingerprint density at radius 1 is 1.23 bits per heavy atom. The maximum atomic E-state index is 11.7. The minimum atomic E-state index is -0.273. The zero-order valence-corrected chi connectivity index (χ0v) is 16.0. The zero-order valence-electron chi connectivity index (χ0n) is 15.2. The topological polar surface area (TPSA) is 84.4 Å². The molecule has 2 N–H and O–H groups in total. The van der Waals surface area contributed by atoms with Gasteiger partial charge in [-0.1, -0.05) is 0 Å². The van der Waals surface area contributed by atoms with Crippen LogP contribution in [0.5, 0.6) is 11.5 Å². The molecule has 1 aromatic rings. The van der Waals surface area contributed by atoms with Crippen LogP contribution in [0.4, 0.5) is 10.5 Å². The molecule has 8 nitrogen and oxygen atoms in total. The third kappa shape index (κ3) is 5.48. The number of anilines is 1. The van der Waals surface area contributed by atoms with Gasteiger partial charge in [0, 0.05) is 43.4 Å². The highest BCUT2D eigenvalue weighted by molar-refractivity contribution is 7.80. The number of piperidine rings is 1. The van der Waals surface area contributed by atoms with Crippen LogP contribution in [0.2, 0.25) is 0 Å². The summed E-state index contributed by atoms with van der Waals surface area (Å²) in [5.74, 6) is 1.25. The van der Waals surface area contributed by atoms with Gasteiger partial charge in [0.2, 0.25) is 0 Å². The highest BCUT2D eigenvalue weighted by Crippen LogP contribution is 2.29. The highest BCUT2D eigenvalue weighted by atomic mass is 32.1. The van der Waals surface area contributed by atoms with Crippen LogP contribution < -0.4 is 20.2 Å². The van der Waals surface area contributed by atoms with Crippen molar-refractivity contribution in [2.24, 2.45) is 5.10 Å². The van der Waals surface area contributed by atoms with Crippen molar-refractivity contribution in [2.45, 2.75) is 19.8 Å². The Hall–Kier alpha value is -2.55. The lowest BCUT2D eigenvalue weighted by Crippen LogP contribution is -2.39. The van der Waals surface area contributed by atoms with Gasteiger partial charge in [-0.3, -0.25) is 5.43 Å². The molecule has 1 aliphatic rings. The van der Waals surface area contributed by atoms with Crippen molar-refractivity contribution >= 4 is 34.8 Å². The zero-order chi connectivity index (χ0) is 18.9. The second-order valence-electron chi connectivity index (χ2n) is 5.50. The molecule has 1 heterocycles. The summed E-state index contributed by atoms with van der Waals surface area (Å²) in [6.45, 7) is 3.36. The smallest absolute Gasteiger partial charge is 0.409 e. The summed E-state index contributed by atoms with van der Waals surface area (Å²) in [5.41, 5.74) is 4.56. The normalized spacial score (nSPS) is 13.7. The number of hydrogen-bond donors (Lipinski definition) is 2. The number of nitrogens with zero attached hydrogens (tertiary/aromatic N) is 2. The lowest BCUT2D eigenvalue weighted by atomic mass is 10.1. The fourth-order valence-electron chi connectivity index (χ4n) is 2.48. The van der Waals surface area contributed by atoms with E-state index < -0.39 is 0 Å². The van der Waals surface area contributed by atoms with Crippen LogP contribution in [0.15, 0.2) is 23.3 Å². The van der Waals surface area contributed by atoms with Gasteiger partial charge < -0.3 is 24.4 Å². The first-order valence-corrected chi connectivity index (χ1v) is 8.74. The maximum absolute atomic E-state index is 11.7. The van der Waals surface area contributed by atoms with E-state index in [-0.39, 0.29) is 6.09 Å². The number of carbonyl (C=O) groups is 1. The predicted octanol–water partition coefficient (Wildman–Crippen LogP) is 2.60. The van der Waals surface area contributed by atoms with Gasteiger partial charge in [-0.25, -0.2) is 4.79 Å². The van der Waals surface area contributed by atoms with Crippen LogP contribution in [0.1, 0.15) is 19.8 Å². The van der Waals surface area contributed by atoms with E-state index in [2.05, 4.69) is 15.8 Å². The Morgan fingerprint density at radius 3 is 2.54 bits per heavy atom. The number of methoxy groups -OCH3 is 2. The number of amides is 1. The van der Waals surface area contributed by atoms with Crippen molar-refractivity contribution in [1.82, 2.24) is 10.3 Å². The summed E-state index contributed by atoms with van der Waals surface area (Å²) < 4.78 is 15.5. The molecule has 0 saturated carbocycles. The largest absolute Gasteiger partial charge is 0.493 e. The molecule has 1 amide bonds. The summed E-state index contributed by atoms with van der Waals surface area (Å²) in [6, 6.07) is 5.42. The molecular formula is C17H24N4O4S. The second kappa shape index (κ2) is 9.81. The Bertz CT molecular complexity index is 671. The second-order valence-corrected chi connectivity index (χ2v) is 5.91. The number of rotatable bonds is 5. The molecule has 2 rings (SSSR count). The van der Waals surface area contributed by atoms with Gasteiger partial charge in [-0.2, -0.15) is 5.10 Å². The number of likely N-dealkylation sites (tertiary alicyclic amines) is 1. The van der Waals surface area contributed by atoms with Crippen molar-refractivity contribution in [3.63, 3.8) is 0 Å². The van der Waals surface area contributed by atoms with Crippen LogP contribution >= 0.6 is 12.2 Å². The minimum absolute atomic E-state index is 0.273. The Morgan fingerprint density at radius 2 is 1.92 bits per heavy atom. The fraction of sp³-hybridized carbons (Fsp3) is 0.471. The first-order valence-electron chi connectivity index (χ1n) is 8.33. The molecule has 1 fully saturated rings. The number of nitrogens with one attached hydrogen (secondary N) is 2. The molecule has 0 bridgehead atoms. The van der Waals surface area contributed by atoms with Crippen molar-refractivity contribution in [2.75, 3.05) is 39.2 Å². The van der Waals surface area contributed by atoms with Gasteiger partial charge >= 0.3 is 6.09 Å².